The highest BCUT2D eigenvalue weighted by molar-refractivity contribution is 7.15. The molecular weight excluding hydrogens is 586 g/mol. The maximum absolute atomic E-state index is 13.5. The van der Waals surface area contributed by atoms with E-state index in [-0.39, 0.29) is 5.56 Å². The molecule has 0 saturated heterocycles. The van der Waals surface area contributed by atoms with Crippen molar-refractivity contribution < 1.29 is 14.2 Å². The molecule has 0 fully saturated rings. The quantitative estimate of drug-likeness (QED) is 0.165. The molecule has 0 aliphatic rings. The van der Waals surface area contributed by atoms with Gasteiger partial charge in [-0.25, -0.2) is 4.68 Å². The fourth-order valence-electron chi connectivity index (χ4n) is 4.83. The lowest BCUT2D eigenvalue weighted by Crippen LogP contribution is -2.23. The lowest BCUT2D eigenvalue weighted by molar-refractivity contribution is 0.326. The van der Waals surface area contributed by atoms with Gasteiger partial charge < -0.3 is 14.2 Å². The van der Waals surface area contributed by atoms with E-state index in [1.54, 1.807) is 19.3 Å². The number of fused-ring (bicyclic) bond motifs is 1. The van der Waals surface area contributed by atoms with Crippen molar-refractivity contribution in [1.82, 2.24) is 24.4 Å². The van der Waals surface area contributed by atoms with E-state index in [1.807, 2.05) is 97.5 Å². The molecule has 226 valence electrons. The second kappa shape index (κ2) is 13.0. The summed E-state index contributed by atoms with van der Waals surface area (Å²) in [6.07, 6.45) is 9.09. The molecule has 45 heavy (non-hydrogen) atoms. The van der Waals surface area contributed by atoms with Crippen molar-refractivity contribution in [2.75, 3.05) is 20.3 Å². The zero-order chi connectivity index (χ0) is 31.3. The molecule has 3 heterocycles. The van der Waals surface area contributed by atoms with Gasteiger partial charge in [0, 0.05) is 17.3 Å². The monoisotopic (exact) mass is 617 g/mol. The summed E-state index contributed by atoms with van der Waals surface area (Å²) in [5, 5.41) is 9.37. The van der Waals surface area contributed by atoms with Gasteiger partial charge >= 0.3 is 0 Å². The number of nitrogens with zero attached hydrogens (tertiary/aromatic N) is 5. The van der Waals surface area contributed by atoms with E-state index in [0.29, 0.717) is 40.0 Å². The largest absolute Gasteiger partial charge is 0.494 e. The standard InChI is InChI=1S/C35H31N5O4S/c1-5-18-44-29-15-12-24(20-30(29)42-4)13-17-32-36-35-40(37-32)34(41)31(45-35)21-26-22-39(27-10-8-7-9-11-27)38-33(26)25-14-16-28(43-6-2)23(3)19-25/h5,7-17,19-22H,1,6,18H2,2-4H3/b17-13+,31-21-. The molecule has 0 radical (unpaired) electrons. The molecule has 0 N–H and O–H groups in total. The molecule has 0 aliphatic carbocycles. The van der Waals surface area contributed by atoms with E-state index in [1.165, 1.54) is 15.9 Å². The topological polar surface area (TPSA) is 92.8 Å². The average molecular weight is 618 g/mol. The van der Waals surface area contributed by atoms with Crippen LogP contribution in [0.25, 0.3) is 40.1 Å². The fourth-order valence-corrected chi connectivity index (χ4v) is 5.74. The van der Waals surface area contributed by atoms with Crippen LogP contribution in [-0.4, -0.2) is 44.7 Å². The van der Waals surface area contributed by atoms with Gasteiger partial charge in [-0.1, -0.05) is 54.3 Å². The van der Waals surface area contributed by atoms with E-state index >= 15 is 0 Å². The third-order valence-corrected chi connectivity index (χ3v) is 7.92. The number of ether oxygens (including phenoxy) is 3. The van der Waals surface area contributed by atoms with Crippen LogP contribution in [0.3, 0.4) is 0 Å². The molecule has 6 aromatic rings. The third-order valence-electron chi connectivity index (χ3n) is 6.97. The molecule has 10 heteroatoms. The molecule has 0 spiro atoms. The molecule has 0 saturated carbocycles. The lowest BCUT2D eigenvalue weighted by atomic mass is 10.0. The van der Waals surface area contributed by atoms with Crippen LogP contribution < -0.4 is 24.3 Å². The summed E-state index contributed by atoms with van der Waals surface area (Å²) >= 11 is 1.28. The highest BCUT2D eigenvalue weighted by atomic mass is 32.1. The fraction of sp³-hybridized carbons (Fsp3) is 0.143. The Bertz CT molecular complexity index is 2130. The molecular formula is C35H31N5O4S. The van der Waals surface area contributed by atoms with E-state index in [0.717, 1.165) is 39.4 Å². The Hall–Kier alpha value is -5.48. The van der Waals surface area contributed by atoms with Crippen LogP contribution in [0.1, 0.15) is 29.4 Å². The summed E-state index contributed by atoms with van der Waals surface area (Å²) in [6, 6.07) is 21.5. The van der Waals surface area contributed by atoms with Crippen molar-refractivity contribution in [3.8, 4) is 34.2 Å². The van der Waals surface area contributed by atoms with Gasteiger partial charge in [-0.05, 0) is 79.6 Å². The van der Waals surface area contributed by atoms with Gasteiger partial charge in [-0.2, -0.15) is 14.6 Å². The number of rotatable bonds is 11. The van der Waals surface area contributed by atoms with Crippen LogP contribution in [-0.2, 0) is 0 Å². The van der Waals surface area contributed by atoms with Crippen molar-refractivity contribution in [3.63, 3.8) is 0 Å². The van der Waals surface area contributed by atoms with Gasteiger partial charge in [0.15, 0.2) is 17.3 Å². The van der Waals surface area contributed by atoms with Gasteiger partial charge in [0.25, 0.3) is 5.56 Å². The Morgan fingerprint density at radius 2 is 1.78 bits per heavy atom. The minimum Gasteiger partial charge on any atom is -0.494 e. The van der Waals surface area contributed by atoms with Crippen molar-refractivity contribution in [2.45, 2.75) is 13.8 Å². The zero-order valence-corrected chi connectivity index (χ0v) is 26.0. The van der Waals surface area contributed by atoms with Crippen LogP contribution in [0.2, 0.25) is 0 Å². The summed E-state index contributed by atoms with van der Waals surface area (Å²) in [5.74, 6) is 2.50. The van der Waals surface area contributed by atoms with Crippen molar-refractivity contribution in [3.05, 3.63) is 123 Å². The van der Waals surface area contributed by atoms with E-state index in [4.69, 9.17) is 19.3 Å². The number of methoxy groups -OCH3 is 1. The Balaban J connectivity index is 1.34. The van der Waals surface area contributed by atoms with Crippen LogP contribution >= 0.6 is 11.3 Å². The van der Waals surface area contributed by atoms with E-state index < -0.39 is 0 Å². The molecule has 0 atom stereocenters. The van der Waals surface area contributed by atoms with Gasteiger partial charge in [0.1, 0.15) is 18.1 Å². The Kier molecular flexibility index (Phi) is 8.56. The Morgan fingerprint density at radius 1 is 0.956 bits per heavy atom. The SMILES string of the molecule is C=CCOc1ccc(/C=C/c2nc3s/c(=C\c4cn(-c5ccccc5)nc4-c4ccc(OCC)c(C)c4)c(=O)n3n2)cc1OC. The first-order chi connectivity index (χ1) is 22.0. The Morgan fingerprint density at radius 3 is 2.51 bits per heavy atom. The smallest absolute Gasteiger partial charge is 0.291 e. The summed E-state index contributed by atoms with van der Waals surface area (Å²) in [6.45, 7) is 8.63. The number of aromatic nitrogens is 5. The molecule has 0 amide bonds. The second-order valence-corrected chi connectivity index (χ2v) is 11.1. The molecule has 9 nitrogen and oxygen atoms in total. The minimum absolute atomic E-state index is 0.242. The second-order valence-electron chi connectivity index (χ2n) is 10.0. The number of para-hydroxylation sites is 1. The number of thiazole rings is 1. The van der Waals surface area contributed by atoms with Crippen LogP contribution in [0.15, 0.2) is 90.4 Å². The predicted molar refractivity (Wildman–Crippen MR) is 178 cm³/mol. The average Bonchev–Trinajstić information content (AvgIpc) is 3.75. The zero-order valence-electron chi connectivity index (χ0n) is 25.1. The van der Waals surface area contributed by atoms with Gasteiger partial charge in [-0.15, -0.1) is 5.10 Å². The number of benzene rings is 3. The molecule has 3 aromatic carbocycles. The summed E-state index contributed by atoms with van der Waals surface area (Å²) in [7, 11) is 1.59. The van der Waals surface area contributed by atoms with Crippen molar-refractivity contribution in [2.24, 2.45) is 0 Å². The van der Waals surface area contributed by atoms with Crippen LogP contribution in [0.5, 0.6) is 17.2 Å². The Labute approximate surface area is 264 Å². The summed E-state index contributed by atoms with van der Waals surface area (Å²) in [4.78, 5) is 18.5. The first-order valence-electron chi connectivity index (χ1n) is 14.4. The first kappa shape index (κ1) is 29.6. The van der Waals surface area contributed by atoms with Crippen molar-refractivity contribution >= 4 is 34.5 Å². The molecule has 0 bridgehead atoms. The number of hydrogen-bond donors (Lipinski definition) is 0. The highest BCUT2D eigenvalue weighted by Crippen LogP contribution is 2.30. The van der Waals surface area contributed by atoms with E-state index in [2.05, 4.69) is 22.7 Å². The first-order valence-corrected chi connectivity index (χ1v) is 15.2. The van der Waals surface area contributed by atoms with Gasteiger partial charge in [-0.3, -0.25) is 4.79 Å². The minimum atomic E-state index is -0.242. The number of hydrogen-bond acceptors (Lipinski definition) is 8. The van der Waals surface area contributed by atoms with Crippen LogP contribution in [0, 0.1) is 6.92 Å². The summed E-state index contributed by atoms with van der Waals surface area (Å²) < 4.78 is 20.5. The molecule has 3 aromatic heterocycles. The molecule has 0 unspecified atom stereocenters. The maximum Gasteiger partial charge on any atom is 0.291 e. The number of aryl methyl sites for hydroxylation is 1. The highest BCUT2D eigenvalue weighted by Gasteiger charge is 2.15. The molecule has 6 rings (SSSR count). The van der Waals surface area contributed by atoms with Crippen LogP contribution in [0.4, 0.5) is 0 Å². The van der Waals surface area contributed by atoms with Gasteiger partial charge in [0.2, 0.25) is 4.96 Å². The van der Waals surface area contributed by atoms with Gasteiger partial charge in [0.05, 0.1) is 23.9 Å². The normalized spacial score (nSPS) is 11.8. The predicted octanol–water partition coefficient (Wildman–Crippen LogP) is 6.00. The van der Waals surface area contributed by atoms with Crippen molar-refractivity contribution in [1.29, 1.82) is 0 Å². The third kappa shape index (κ3) is 6.27. The lowest BCUT2D eigenvalue weighted by Gasteiger charge is -2.09. The molecule has 0 aliphatic heterocycles. The summed E-state index contributed by atoms with van der Waals surface area (Å²) in [5.41, 5.74) is 5.04. The maximum atomic E-state index is 13.5. The van der Waals surface area contributed by atoms with E-state index in [9.17, 15) is 4.79 Å².